The predicted octanol–water partition coefficient (Wildman–Crippen LogP) is 4.06. The Balaban J connectivity index is 1.99. The minimum atomic E-state index is -2.18. The Hall–Kier alpha value is -5.23. The van der Waals surface area contributed by atoms with Gasteiger partial charge >= 0.3 is 11.8 Å². The number of nitrogens with one attached hydrogen (secondary N) is 1. The molecule has 10 atom stereocenters. The molecule has 0 fully saturated rings. The normalized spacial score (nSPS) is 29.4. The molecule has 0 saturated heterocycles. The molecule has 17 nitrogen and oxygen atoms in total. The molecular formula is C39H50N2O15. The maximum atomic E-state index is 14.2. The number of fused-ring (bicyclic) bond motifs is 14. The molecule has 5 rings (SSSR count). The Kier molecular flexibility index (Phi) is 13.1. The van der Waals surface area contributed by atoms with Gasteiger partial charge in [0.1, 0.15) is 29.5 Å². The second kappa shape index (κ2) is 16.9. The van der Waals surface area contributed by atoms with Crippen LogP contribution in [-0.2, 0) is 23.8 Å². The number of anilines is 1. The average molecular weight is 787 g/mol. The number of methoxy groups -OCH3 is 1. The van der Waals surface area contributed by atoms with Crippen LogP contribution in [0.3, 0.4) is 0 Å². The Bertz CT molecular complexity index is 1990. The van der Waals surface area contributed by atoms with Crippen LogP contribution >= 0.6 is 0 Å². The highest BCUT2D eigenvalue weighted by molar-refractivity contribution is 6.22. The highest BCUT2D eigenvalue weighted by atomic mass is 16.7. The van der Waals surface area contributed by atoms with Crippen molar-refractivity contribution in [2.24, 2.45) is 23.7 Å². The van der Waals surface area contributed by atoms with Gasteiger partial charge in [0.25, 0.3) is 11.7 Å². The lowest BCUT2D eigenvalue weighted by Gasteiger charge is -2.38. The highest BCUT2D eigenvalue weighted by Crippen LogP contribution is 2.56. The van der Waals surface area contributed by atoms with E-state index in [0.717, 1.165) is 6.26 Å². The van der Waals surface area contributed by atoms with Crippen molar-refractivity contribution in [3.8, 4) is 23.0 Å². The molecule has 0 unspecified atom stereocenters. The van der Waals surface area contributed by atoms with E-state index in [2.05, 4.69) is 5.32 Å². The largest absolute Gasteiger partial charge is 0.507 e. The number of benzene rings is 2. The molecule has 0 aromatic heterocycles. The third-order valence-electron chi connectivity index (χ3n) is 10.7. The van der Waals surface area contributed by atoms with Gasteiger partial charge in [-0.3, -0.25) is 24.5 Å². The summed E-state index contributed by atoms with van der Waals surface area (Å²) in [6, 6.07) is 0. The fourth-order valence-electron chi connectivity index (χ4n) is 7.30. The Morgan fingerprint density at radius 2 is 1.64 bits per heavy atom. The van der Waals surface area contributed by atoms with Gasteiger partial charge in [-0.25, -0.2) is 0 Å². The lowest BCUT2D eigenvalue weighted by Crippen LogP contribution is -2.46. The average Bonchev–Trinajstić information content (AvgIpc) is 3.39. The summed E-state index contributed by atoms with van der Waals surface area (Å²) in [6.45, 7) is 10.7. The summed E-state index contributed by atoms with van der Waals surface area (Å²) in [4.78, 5) is 50.6. The number of nitro groups is 1. The first-order valence-corrected chi connectivity index (χ1v) is 18.0. The monoisotopic (exact) mass is 786 g/mol. The fourth-order valence-corrected chi connectivity index (χ4v) is 7.30. The SMILES string of the molecule is CO[C@H]1C=CO[C@@]2(C)Oc3c(C)c(O)c4c(O)c(c([C@H](O)C[N+](=O)[O-])c(O)c4c3C2=O)NC(=O)C(C)=CC=C[C@H](C)[C@H](O)[C@@H](C)[C@@H](O)[C@@H](C)[C@H](OC(C)=O)[C@@H]1C. The number of phenols is 3. The summed E-state index contributed by atoms with van der Waals surface area (Å²) in [6.07, 6.45) is 0.650. The van der Waals surface area contributed by atoms with Gasteiger partial charge < -0.3 is 54.9 Å². The summed E-state index contributed by atoms with van der Waals surface area (Å²) in [7, 11) is 1.38. The lowest BCUT2D eigenvalue weighted by atomic mass is 9.78. The van der Waals surface area contributed by atoms with Crippen molar-refractivity contribution in [1.29, 1.82) is 0 Å². The van der Waals surface area contributed by atoms with Crippen molar-refractivity contribution in [2.45, 2.75) is 91.7 Å². The van der Waals surface area contributed by atoms with E-state index in [-0.39, 0.29) is 16.9 Å². The quantitative estimate of drug-likeness (QED) is 0.0741. The van der Waals surface area contributed by atoms with Gasteiger partial charge in [0.05, 0.1) is 46.8 Å². The van der Waals surface area contributed by atoms with Crippen LogP contribution in [0.1, 0.15) is 76.1 Å². The Morgan fingerprint density at radius 3 is 2.23 bits per heavy atom. The van der Waals surface area contributed by atoms with Crippen molar-refractivity contribution in [2.75, 3.05) is 19.0 Å². The number of allylic oxidation sites excluding steroid dienone is 2. The number of ether oxygens (including phenoxy) is 4. The molecule has 3 heterocycles. The molecule has 0 radical (unpaired) electrons. The van der Waals surface area contributed by atoms with Crippen molar-refractivity contribution in [3.63, 3.8) is 0 Å². The molecule has 2 aromatic rings. The summed E-state index contributed by atoms with van der Waals surface area (Å²) >= 11 is 0. The topological polar surface area (TPSA) is 265 Å². The zero-order valence-electron chi connectivity index (χ0n) is 32.6. The van der Waals surface area contributed by atoms with Gasteiger partial charge in [0, 0.05) is 66.1 Å². The number of ketones is 1. The number of rotatable bonds is 5. The molecule has 7 N–H and O–H groups in total. The van der Waals surface area contributed by atoms with E-state index < -0.39 is 134 Å². The summed E-state index contributed by atoms with van der Waals surface area (Å²) in [5.74, 6) is -10.2. The van der Waals surface area contributed by atoms with Crippen LogP contribution in [0, 0.1) is 40.7 Å². The number of Topliss-reactive ketones (excluding diaryl/α,β-unsaturated/α-hetero) is 1. The van der Waals surface area contributed by atoms with Crippen LogP contribution < -0.4 is 10.1 Å². The molecule has 0 saturated carbocycles. The minimum Gasteiger partial charge on any atom is -0.507 e. The van der Waals surface area contributed by atoms with Crippen LogP contribution in [-0.4, -0.2) is 97.1 Å². The van der Waals surface area contributed by atoms with Gasteiger partial charge in [-0.15, -0.1) is 0 Å². The van der Waals surface area contributed by atoms with E-state index in [1.807, 2.05) is 0 Å². The smallest absolute Gasteiger partial charge is 0.312 e. The molecule has 0 spiro atoms. The maximum Gasteiger partial charge on any atom is 0.312 e. The first-order chi connectivity index (χ1) is 26.1. The standard InChI is InChI=1S/C39H50N2O15/c1-16-11-10-12-17(2)38(50)40-29-25(23(43)15-41(51)52)33(47)26-27(34(29)48)32(46)21(6)36-28(26)37(49)39(8,56-36)54-14-13-24(53-9)18(3)35(55-22(7)42)20(5)31(45)19(4)30(16)44/h10-14,16,18-20,23-24,30-31,35,43-48H,15H2,1-9H3,(H,40,50)/t16-,18+,19+,20+,23+,24-,30-,31+,35+,39-/m0/s1. The number of esters is 1. The zero-order valence-corrected chi connectivity index (χ0v) is 32.6. The predicted molar refractivity (Wildman–Crippen MR) is 201 cm³/mol. The molecule has 1 amide bonds. The number of hydrogen-bond donors (Lipinski definition) is 7. The summed E-state index contributed by atoms with van der Waals surface area (Å²) in [5, 5.41) is 81.2. The highest BCUT2D eigenvalue weighted by Gasteiger charge is 2.50. The number of nitrogens with zero attached hydrogens (tertiary/aromatic N) is 1. The third kappa shape index (κ3) is 8.16. The van der Waals surface area contributed by atoms with Gasteiger partial charge in [0.15, 0.2) is 5.75 Å². The molecule has 3 aliphatic rings. The van der Waals surface area contributed by atoms with E-state index >= 15 is 0 Å². The number of carbonyl (C=O) groups excluding carboxylic acids is 3. The Labute approximate surface area is 323 Å². The van der Waals surface area contributed by atoms with Crippen LogP contribution in [0.25, 0.3) is 10.8 Å². The van der Waals surface area contributed by atoms with Gasteiger partial charge in [-0.05, 0) is 19.9 Å². The van der Waals surface area contributed by atoms with E-state index in [1.165, 1.54) is 53.0 Å². The minimum absolute atomic E-state index is 0.00221. The van der Waals surface area contributed by atoms with Crippen molar-refractivity contribution < 1.29 is 68.9 Å². The zero-order chi connectivity index (χ0) is 42.1. The number of aromatic hydroxyl groups is 3. The Morgan fingerprint density at radius 1 is 1.00 bits per heavy atom. The second-order valence-corrected chi connectivity index (χ2v) is 14.6. The van der Waals surface area contributed by atoms with Crippen LogP contribution in [0.15, 0.2) is 36.1 Å². The van der Waals surface area contributed by atoms with Crippen molar-refractivity contribution >= 4 is 34.1 Å². The molecular weight excluding hydrogens is 736 g/mol. The van der Waals surface area contributed by atoms with Gasteiger partial charge in [-0.2, -0.15) is 0 Å². The molecule has 306 valence electrons. The first kappa shape index (κ1) is 43.5. The first-order valence-electron chi connectivity index (χ1n) is 18.0. The number of aliphatic hydroxyl groups is 3. The summed E-state index contributed by atoms with van der Waals surface area (Å²) < 4.78 is 23.2. The molecule has 56 heavy (non-hydrogen) atoms. The summed E-state index contributed by atoms with van der Waals surface area (Å²) in [5.41, 5.74) is -1.88. The third-order valence-corrected chi connectivity index (χ3v) is 10.7. The van der Waals surface area contributed by atoms with E-state index in [9.17, 15) is 55.1 Å². The van der Waals surface area contributed by atoms with Crippen molar-refractivity contribution in [1.82, 2.24) is 0 Å². The molecule has 2 aromatic carbocycles. The number of phenolic OH excluding ortho intramolecular Hbond substituents is 3. The molecule has 17 heteroatoms. The number of hydrogen-bond acceptors (Lipinski definition) is 15. The number of aliphatic hydroxyl groups excluding tert-OH is 3. The van der Waals surface area contributed by atoms with Gasteiger partial charge in [0.2, 0.25) is 6.54 Å². The molecule has 0 aliphatic carbocycles. The van der Waals surface area contributed by atoms with Gasteiger partial charge in [-0.1, -0.05) is 45.9 Å². The van der Waals surface area contributed by atoms with Crippen LogP contribution in [0.4, 0.5) is 5.69 Å². The van der Waals surface area contributed by atoms with E-state index in [1.54, 1.807) is 33.8 Å². The number of carbonyl (C=O) groups is 3. The van der Waals surface area contributed by atoms with Crippen LogP contribution in [0.5, 0.6) is 23.0 Å². The lowest BCUT2D eigenvalue weighted by molar-refractivity contribution is -0.491. The molecule has 5 bridgehead atoms. The number of amides is 1. The van der Waals surface area contributed by atoms with E-state index in [4.69, 9.17) is 18.9 Å². The second-order valence-electron chi connectivity index (χ2n) is 14.6. The van der Waals surface area contributed by atoms with Crippen LogP contribution in [0.2, 0.25) is 0 Å². The maximum absolute atomic E-state index is 14.2. The van der Waals surface area contributed by atoms with E-state index in [0.29, 0.717) is 0 Å². The fraction of sp³-hybridized carbons (Fsp3) is 0.513. The van der Waals surface area contributed by atoms with Crippen molar-refractivity contribution in [3.05, 3.63) is 62.9 Å². The molecule has 3 aliphatic heterocycles.